The standard InChI is InChI=1S/C12H15ClN2O2/c1-7-2-10(14)11(4-9(7)13)15-5-8(6-16)3-12(15)17/h2,4,8,16H,3,5-6,14H2,1H3. The topological polar surface area (TPSA) is 66.6 Å². The number of nitrogen functional groups attached to an aromatic ring is 1. The molecule has 1 heterocycles. The Hall–Kier alpha value is -1.26. The monoisotopic (exact) mass is 254 g/mol. The van der Waals surface area contributed by atoms with E-state index in [1.54, 1.807) is 17.0 Å². The van der Waals surface area contributed by atoms with E-state index in [1.807, 2.05) is 6.92 Å². The van der Waals surface area contributed by atoms with Gasteiger partial charge in [0.1, 0.15) is 0 Å². The highest BCUT2D eigenvalue weighted by Gasteiger charge is 2.31. The van der Waals surface area contributed by atoms with E-state index in [-0.39, 0.29) is 18.4 Å². The maximum absolute atomic E-state index is 11.8. The molecule has 5 heteroatoms. The molecule has 4 nitrogen and oxygen atoms in total. The van der Waals surface area contributed by atoms with Crippen molar-refractivity contribution in [2.45, 2.75) is 13.3 Å². The molecule has 1 fully saturated rings. The fourth-order valence-electron chi connectivity index (χ4n) is 2.06. The van der Waals surface area contributed by atoms with Gasteiger partial charge in [-0.2, -0.15) is 0 Å². The molecule has 17 heavy (non-hydrogen) atoms. The van der Waals surface area contributed by atoms with Gasteiger partial charge >= 0.3 is 0 Å². The summed E-state index contributed by atoms with van der Waals surface area (Å²) in [5, 5.41) is 9.67. The van der Waals surface area contributed by atoms with Crippen LogP contribution in [0, 0.1) is 12.8 Å². The third kappa shape index (κ3) is 2.23. The molecule has 0 spiro atoms. The summed E-state index contributed by atoms with van der Waals surface area (Å²) in [6.45, 7) is 2.38. The number of hydrogen-bond donors (Lipinski definition) is 2. The molecule has 1 aliphatic rings. The van der Waals surface area contributed by atoms with E-state index in [4.69, 9.17) is 22.4 Å². The molecule has 2 rings (SSSR count). The summed E-state index contributed by atoms with van der Waals surface area (Å²) in [4.78, 5) is 13.4. The van der Waals surface area contributed by atoms with E-state index < -0.39 is 0 Å². The van der Waals surface area contributed by atoms with Crippen molar-refractivity contribution in [1.29, 1.82) is 0 Å². The fourth-order valence-corrected chi connectivity index (χ4v) is 2.22. The first-order valence-corrected chi connectivity index (χ1v) is 5.87. The summed E-state index contributed by atoms with van der Waals surface area (Å²) >= 11 is 6.04. The van der Waals surface area contributed by atoms with Gasteiger partial charge < -0.3 is 15.7 Å². The van der Waals surface area contributed by atoms with Crippen LogP contribution in [0.4, 0.5) is 11.4 Å². The number of carbonyl (C=O) groups is 1. The molecule has 0 aromatic heterocycles. The Balaban J connectivity index is 2.35. The van der Waals surface area contributed by atoms with Gasteiger partial charge in [0.25, 0.3) is 0 Å². The van der Waals surface area contributed by atoms with Crippen LogP contribution >= 0.6 is 11.6 Å². The lowest BCUT2D eigenvalue weighted by atomic mass is 10.1. The van der Waals surface area contributed by atoms with Crippen LogP contribution in [0.15, 0.2) is 12.1 Å². The Kier molecular flexibility index (Phi) is 3.26. The van der Waals surface area contributed by atoms with Crippen molar-refractivity contribution in [3.8, 4) is 0 Å². The maximum Gasteiger partial charge on any atom is 0.227 e. The molecular weight excluding hydrogens is 240 g/mol. The van der Waals surface area contributed by atoms with E-state index in [1.165, 1.54) is 0 Å². The normalized spacial score (nSPS) is 20.1. The summed E-state index contributed by atoms with van der Waals surface area (Å²) < 4.78 is 0. The summed E-state index contributed by atoms with van der Waals surface area (Å²) in [5.41, 5.74) is 7.97. The highest BCUT2D eigenvalue weighted by molar-refractivity contribution is 6.32. The Morgan fingerprint density at radius 1 is 1.59 bits per heavy atom. The first kappa shape index (κ1) is 12.2. The Morgan fingerprint density at radius 2 is 2.29 bits per heavy atom. The van der Waals surface area contributed by atoms with Crippen molar-refractivity contribution in [2.24, 2.45) is 5.92 Å². The van der Waals surface area contributed by atoms with Crippen LogP contribution in [-0.2, 0) is 4.79 Å². The third-order valence-corrected chi connectivity index (χ3v) is 3.47. The molecule has 0 radical (unpaired) electrons. The smallest absolute Gasteiger partial charge is 0.227 e. The molecule has 0 aliphatic carbocycles. The van der Waals surface area contributed by atoms with E-state index in [0.29, 0.717) is 29.4 Å². The molecule has 0 bridgehead atoms. The van der Waals surface area contributed by atoms with Gasteiger partial charge in [0.15, 0.2) is 0 Å². The first-order valence-electron chi connectivity index (χ1n) is 5.49. The molecule has 92 valence electrons. The number of rotatable bonds is 2. The van der Waals surface area contributed by atoms with Crippen molar-refractivity contribution < 1.29 is 9.90 Å². The molecule has 1 saturated heterocycles. The summed E-state index contributed by atoms with van der Waals surface area (Å²) in [6, 6.07) is 3.47. The second-order valence-corrected chi connectivity index (χ2v) is 4.82. The number of amides is 1. The van der Waals surface area contributed by atoms with Gasteiger partial charge in [0.2, 0.25) is 5.91 Å². The minimum Gasteiger partial charge on any atom is -0.397 e. The minimum atomic E-state index is -0.0179. The zero-order valence-electron chi connectivity index (χ0n) is 9.61. The second-order valence-electron chi connectivity index (χ2n) is 4.42. The zero-order valence-corrected chi connectivity index (χ0v) is 10.4. The third-order valence-electron chi connectivity index (χ3n) is 3.06. The molecule has 1 aromatic carbocycles. The Bertz CT molecular complexity index is 462. The molecule has 0 saturated carbocycles. The van der Waals surface area contributed by atoms with Crippen LogP contribution in [0.5, 0.6) is 0 Å². The number of halogens is 1. The van der Waals surface area contributed by atoms with Gasteiger partial charge in [-0.05, 0) is 24.6 Å². The predicted octanol–water partition coefficient (Wildman–Crippen LogP) is 1.58. The Labute approximate surface area is 105 Å². The predicted molar refractivity (Wildman–Crippen MR) is 68.1 cm³/mol. The van der Waals surface area contributed by atoms with E-state index in [2.05, 4.69) is 0 Å². The number of aliphatic hydroxyl groups is 1. The molecule has 1 unspecified atom stereocenters. The number of benzene rings is 1. The summed E-state index contributed by atoms with van der Waals surface area (Å²) in [6.07, 6.45) is 0.363. The van der Waals surface area contributed by atoms with Gasteiger partial charge in [-0.3, -0.25) is 4.79 Å². The quantitative estimate of drug-likeness (QED) is 0.788. The van der Waals surface area contributed by atoms with Crippen LogP contribution in [0.3, 0.4) is 0 Å². The molecule has 1 atom stereocenters. The number of aryl methyl sites for hydroxylation is 1. The van der Waals surface area contributed by atoms with Crippen LogP contribution in [0.2, 0.25) is 5.02 Å². The number of aliphatic hydroxyl groups excluding tert-OH is 1. The van der Waals surface area contributed by atoms with Crippen molar-refractivity contribution in [3.63, 3.8) is 0 Å². The number of hydrogen-bond acceptors (Lipinski definition) is 3. The lowest BCUT2D eigenvalue weighted by Gasteiger charge is -2.19. The van der Waals surface area contributed by atoms with Crippen molar-refractivity contribution in [1.82, 2.24) is 0 Å². The Morgan fingerprint density at radius 3 is 2.88 bits per heavy atom. The number of nitrogens with zero attached hydrogens (tertiary/aromatic N) is 1. The van der Waals surface area contributed by atoms with Gasteiger partial charge in [0.05, 0.1) is 11.4 Å². The average molecular weight is 255 g/mol. The van der Waals surface area contributed by atoms with Crippen LogP contribution in [0.25, 0.3) is 0 Å². The minimum absolute atomic E-state index is 0.0121. The lowest BCUT2D eigenvalue weighted by Crippen LogP contribution is -2.25. The molecule has 1 aromatic rings. The molecule has 1 aliphatic heterocycles. The van der Waals surface area contributed by atoms with Gasteiger partial charge in [0, 0.05) is 30.5 Å². The van der Waals surface area contributed by atoms with Gasteiger partial charge in [-0.1, -0.05) is 11.6 Å². The van der Waals surface area contributed by atoms with E-state index in [0.717, 1.165) is 5.56 Å². The van der Waals surface area contributed by atoms with Crippen molar-refractivity contribution in [3.05, 3.63) is 22.7 Å². The summed E-state index contributed by atoms with van der Waals surface area (Å²) in [5.74, 6) is -0.0300. The van der Waals surface area contributed by atoms with Crippen LogP contribution < -0.4 is 10.6 Å². The number of anilines is 2. The fraction of sp³-hybridized carbons (Fsp3) is 0.417. The van der Waals surface area contributed by atoms with Crippen LogP contribution in [-0.4, -0.2) is 24.2 Å². The first-order chi connectivity index (χ1) is 8.02. The summed E-state index contributed by atoms with van der Waals surface area (Å²) in [7, 11) is 0. The lowest BCUT2D eigenvalue weighted by molar-refractivity contribution is -0.117. The SMILES string of the molecule is Cc1cc(N)c(N2CC(CO)CC2=O)cc1Cl. The van der Waals surface area contributed by atoms with E-state index >= 15 is 0 Å². The van der Waals surface area contributed by atoms with E-state index in [9.17, 15) is 4.79 Å². The molecule has 3 N–H and O–H groups in total. The largest absolute Gasteiger partial charge is 0.397 e. The average Bonchev–Trinajstić information content (AvgIpc) is 2.65. The van der Waals surface area contributed by atoms with Gasteiger partial charge in [-0.25, -0.2) is 0 Å². The highest BCUT2D eigenvalue weighted by Crippen LogP contribution is 2.33. The highest BCUT2D eigenvalue weighted by atomic mass is 35.5. The second kappa shape index (κ2) is 4.55. The maximum atomic E-state index is 11.8. The van der Waals surface area contributed by atoms with Gasteiger partial charge in [-0.15, -0.1) is 0 Å². The number of nitrogens with two attached hydrogens (primary N) is 1. The van der Waals surface area contributed by atoms with Crippen LogP contribution in [0.1, 0.15) is 12.0 Å². The zero-order chi connectivity index (χ0) is 12.6. The number of carbonyl (C=O) groups excluding carboxylic acids is 1. The molecular formula is C12H15ClN2O2. The van der Waals surface area contributed by atoms with Crippen molar-refractivity contribution in [2.75, 3.05) is 23.8 Å². The van der Waals surface area contributed by atoms with Crippen molar-refractivity contribution >= 4 is 28.9 Å². The molecule has 1 amide bonds.